The third-order valence-electron chi connectivity index (χ3n) is 3.33. The van der Waals surface area contributed by atoms with Crippen molar-refractivity contribution in [3.05, 3.63) is 0 Å². The Kier molecular flexibility index (Phi) is 2.97. The summed E-state index contributed by atoms with van der Waals surface area (Å²) >= 11 is 2.01. The van der Waals surface area contributed by atoms with E-state index in [1.54, 1.807) is 0 Å². The molecule has 1 nitrogen and oxygen atoms in total. The van der Waals surface area contributed by atoms with E-state index in [1.165, 1.54) is 43.6 Å². The zero-order valence-corrected chi connectivity index (χ0v) is 8.35. The van der Waals surface area contributed by atoms with Crippen LogP contribution >= 0.6 is 11.8 Å². The summed E-state index contributed by atoms with van der Waals surface area (Å²) in [6.45, 7) is 0. The lowest BCUT2D eigenvalue weighted by Gasteiger charge is -2.22. The second-order valence-corrected chi connectivity index (χ2v) is 5.31. The van der Waals surface area contributed by atoms with Gasteiger partial charge in [-0.3, -0.25) is 0 Å². The van der Waals surface area contributed by atoms with Gasteiger partial charge in [-0.1, -0.05) is 12.8 Å². The SMILES string of the molecule is OC(C1CCCC1)C1CCSC1. The number of aliphatic hydroxyl groups excluding tert-OH is 1. The molecule has 2 fully saturated rings. The molecule has 1 saturated heterocycles. The maximum Gasteiger partial charge on any atom is 0.0604 e. The molecule has 1 aliphatic carbocycles. The van der Waals surface area contributed by atoms with E-state index in [0.717, 1.165) is 0 Å². The molecular weight excluding hydrogens is 168 g/mol. The summed E-state index contributed by atoms with van der Waals surface area (Å²) in [5.41, 5.74) is 0. The highest BCUT2D eigenvalue weighted by molar-refractivity contribution is 7.99. The fourth-order valence-electron chi connectivity index (χ4n) is 2.51. The van der Waals surface area contributed by atoms with Crippen LogP contribution in [0.5, 0.6) is 0 Å². The largest absolute Gasteiger partial charge is 0.393 e. The van der Waals surface area contributed by atoms with Gasteiger partial charge in [0.15, 0.2) is 0 Å². The van der Waals surface area contributed by atoms with Gasteiger partial charge in [0.1, 0.15) is 0 Å². The highest BCUT2D eigenvalue weighted by atomic mass is 32.2. The first-order chi connectivity index (χ1) is 5.88. The lowest BCUT2D eigenvalue weighted by Crippen LogP contribution is -2.27. The number of hydrogen-bond donors (Lipinski definition) is 1. The molecule has 0 amide bonds. The zero-order chi connectivity index (χ0) is 8.39. The van der Waals surface area contributed by atoms with Crippen LogP contribution in [0.3, 0.4) is 0 Å². The third-order valence-corrected chi connectivity index (χ3v) is 4.52. The van der Waals surface area contributed by atoms with E-state index in [-0.39, 0.29) is 6.10 Å². The molecule has 1 heterocycles. The zero-order valence-electron chi connectivity index (χ0n) is 7.54. The number of hydrogen-bond acceptors (Lipinski definition) is 2. The third kappa shape index (κ3) is 1.80. The van der Waals surface area contributed by atoms with Crippen LogP contribution in [0.2, 0.25) is 0 Å². The van der Waals surface area contributed by atoms with Crippen LogP contribution < -0.4 is 0 Å². The topological polar surface area (TPSA) is 20.2 Å². The Bertz CT molecular complexity index is 121. The van der Waals surface area contributed by atoms with Gasteiger partial charge < -0.3 is 5.11 Å². The standard InChI is InChI=1S/C10H18OS/c11-10(8-3-1-2-4-8)9-5-6-12-7-9/h8-11H,1-7H2. The van der Waals surface area contributed by atoms with Crippen molar-refractivity contribution in [1.29, 1.82) is 0 Å². The molecule has 2 atom stereocenters. The fourth-order valence-corrected chi connectivity index (χ4v) is 3.81. The highest BCUT2D eigenvalue weighted by Gasteiger charge is 2.31. The van der Waals surface area contributed by atoms with Gasteiger partial charge in [-0.25, -0.2) is 0 Å². The number of thioether (sulfide) groups is 1. The first kappa shape index (κ1) is 8.89. The summed E-state index contributed by atoms with van der Waals surface area (Å²) in [5.74, 6) is 3.75. The van der Waals surface area contributed by atoms with Crippen LogP contribution in [0.1, 0.15) is 32.1 Å². The lowest BCUT2D eigenvalue weighted by atomic mass is 9.89. The predicted molar refractivity (Wildman–Crippen MR) is 53.4 cm³/mol. The Labute approximate surface area is 78.9 Å². The van der Waals surface area contributed by atoms with E-state index in [2.05, 4.69) is 0 Å². The molecule has 0 radical (unpaired) electrons. The monoisotopic (exact) mass is 186 g/mol. The Morgan fingerprint density at radius 2 is 1.83 bits per heavy atom. The number of aliphatic hydroxyl groups is 1. The molecule has 0 aromatic carbocycles. The van der Waals surface area contributed by atoms with Gasteiger partial charge in [-0.05, 0) is 42.6 Å². The molecule has 0 spiro atoms. The second kappa shape index (κ2) is 4.01. The van der Waals surface area contributed by atoms with Crippen molar-refractivity contribution < 1.29 is 5.11 Å². The van der Waals surface area contributed by atoms with Crippen molar-refractivity contribution in [2.24, 2.45) is 11.8 Å². The summed E-state index contributed by atoms with van der Waals surface area (Å²) in [6, 6.07) is 0. The first-order valence-electron chi connectivity index (χ1n) is 5.14. The van der Waals surface area contributed by atoms with E-state index in [0.29, 0.717) is 11.8 Å². The van der Waals surface area contributed by atoms with Gasteiger partial charge in [0.05, 0.1) is 6.10 Å². The Balaban J connectivity index is 1.84. The van der Waals surface area contributed by atoms with Gasteiger partial charge in [0.2, 0.25) is 0 Å². The van der Waals surface area contributed by atoms with Gasteiger partial charge >= 0.3 is 0 Å². The lowest BCUT2D eigenvalue weighted by molar-refractivity contribution is 0.0630. The molecule has 1 saturated carbocycles. The van der Waals surface area contributed by atoms with Crippen LogP contribution in [0.15, 0.2) is 0 Å². The van der Waals surface area contributed by atoms with Crippen molar-refractivity contribution in [2.45, 2.75) is 38.2 Å². The van der Waals surface area contributed by atoms with E-state index >= 15 is 0 Å². The number of rotatable bonds is 2. The molecule has 1 aliphatic heterocycles. The van der Waals surface area contributed by atoms with Crippen molar-refractivity contribution in [3.63, 3.8) is 0 Å². The van der Waals surface area contributed by atoms with Gasteiger partial charge in [0.25, 0.3) is 0 Å². The summed E-state index contributed by atoms with van der Waals surface area (Å²) in [5, 5.41) is 10.0. The molecule has 2 unspecified atom stereocenters. The van der Waals surface area contributed by atoms with Gasteiger partial charge in [-0.2, -0.15) is 11.8 Å². The van der Waals surface area contributed by atoms with Crippen molar-refractivity contribution in [1.82, 2.24) is 0 Å². The van der Waals surface area contributed by atoms with Crippen LogP contribution in [0, 0.1) is 11.8 Å². The van der Waals surface area contributed by atoms with Crippen LogP contribution in [-0.4, -0.2) is 22.7 Å². The van der Waals surface area contributed by atoms with Gasteiger partial charge in [0, 0.05) is 0 Å². The summed E-state index contributed by atoms with van der Waals surface area (Å²) in [6.07, 6.45) is 6.54. The maximum atomic E-state index is 10.0. The molecule has 0 aromatic heterocycles. The molecule has 0 bridgehead atoms. The molecular formula is C10H18OS. The van der Waals surface area contributed by atoms with Crippen LogP contribution in [0.25, 0.3) is 0 Å². The Hall–Kier alpha value is 0.310. The summed E-state index contributed by atoms with van der Waals surface area (Å²) in [7, 11) is 0. The molecule has 2 heteroatoms. The highest BCUT2D eigenvalue weighted by Crippen LogP contribution is 2.35. The molecule has 12 heavy (non-hydrogen) atoms. The Morgan fingerprint density at radius 3 is 2.42 bits per heavy atom. The molecule has 2 rings (SSSR count). The average molecular weight is 186 g/mol. The van der Waals surface area contributed by atoms with Crippen molar-refractivity contribution in [3.8, 4) is 0 Å². The normalized spacial score (nSPS) is 34.2. The van der Waals surface area contributed by atoms with Gasteiger partial charge in [-0.15, -0.1) is 0 Å². The second-order valence-electron chi connectivity index (χ2n) is 4.16. The average Bonchev–Trinajstić information content (AvgIpc) is 2.77. The summed E-state index contributed by atoms with van der Waals surface area (Å²) in [4.78, 5) is 0. The molecule has 1 N–H and O–H groups in total. The summed E-state index contributed by atoms with van der Waals surface area (Å²) < 4.78 is 0. The predicted octanol–water partition coefficient (Wildman–Crippen LogP) is 2.29. The van der Waals surface area contributed by atoms with Crippen LogP contribution in [-0.2, 0) is 0 Å². The van der Waals surface area contributed by atoms with E-state index < -0.39 is 0 Å². The minimum absolute atomic E-state index is 0.0301. The molecule has 2 aliphatic rings. The minimum Gasteiger partial charge on any atom is -0.393 e. The smallest absolute Gasteiger partial charge is 0.0604 e. The van der Waals surface area contributed by atoms with Crippen LogP contribution in [0.4, 0.5) is 0 Å². The fraction of sp³-hybridized carbons (Fsp3) is 1.00. The van der Waals surface area contributed by atoms with E-state index in [1.807, 2.05) is 11.8 Å². The minimum atomic E-state index is 0.0301. The first-order valence-corrected chi connectivity index (χ1v) is 6.29. The quantitative estimate of drug-likeness (QED) is 0.714. The molecule has 70 valence electrons. The maximum absolute atomic E-state index is 10.0. The van der Waals surface area contributed by atoms with E-state index in [9.17, 15) is 5.11 Å². The Morgan fingerprint density at radius 1 is 1.08 bits per heavy atom. The van der Waals surface area contributed by atoms with E-state index in [4.69, 9.17) is 0 Å². The molecule has 0 aromatic rings. The van der Waals surface area contributed by atoms with Crippen molar-refractivity contribution >= 4 is 11.8 Å². The van der Waals surface area contributed by atoms with Crippen molar-refractivity contribution in [2.75, 3.05) is 11.5 Å².